The molecule has 1 aromatic carbocycles. The molecule has 28 heavy (non-hydrogen) atoms. The third-order valence-corrected chi connectivity index (χ3v) is 5.75. The van der Waals surface area contributed by atoms with E-state index in [1.165, 1.54) is 19.2 Å². The van der Waals surface area contributed by atoms with Gasteiger partial charge in [0.25, 0.3) is 5.91 Å². The molecule has 1 saturated carbocycles. The molecule has 148 valence electrons. The number of aromatic nitrogens is 3. The van der Waals surface area contributed by atoms with Crippen LogP contribution in [0.1, 0.15) is 43.5 Å². The first kappa shape index (κ1) is 18.7. The van der Waals surface area contributed by atoms with Gasteiger partial charge in [0.1, 0.15) is 6.33 Å². The summed E-state index contributed by atoms with van der Waals surface area (Å²) in [7, 11) is 0. The number of nitrogens with one attached hydrogen (secondary N) is 1. The van der Waals surface area contributed by atoms with Crippen LogP contribution in [-0.4, -0.2) is 62.5 Å². The molecule has 2 aromatic rings. The highest BCUT2D eigenvalue weighted by molar-refractivity contribution is 5.95. The number of benzene rings is 1. The Bertz CT molecular complexity index is 827. The Morgan fingerprint density at radius 3 is 2.61 bits per heavy atom. The van der Waals surface area contributed by atoms with E-state index in [0.29, 0.717) is 42.7 Å². The lowest BCUT2D eigenvalue weighted by molar-refractivity contribution is -0.133. The summed E-state index contributed by atoms with van der Waals surface area (Å²) in [5, 5.41) is 6.68. The molecule has 2 aliphatic rings. The normalized spacial score (nSPS) is 20.5. The minimum Gasteiger partial charge on any atom is -0.337 e. The first-order valence-corrected chi connectivity index (χ1v) is 10.1. The van der Waals surface area contributed by atoms with E-state index in [9.17, 15) is 9.59 Å². The van der Waals surface area contributed by atoms with E-state index >= 15 is 0 Å². The Morgan fingerprint density at radius 2 is 2.00 bits per heavy atom. The first-order valence-electron chi connectivity index (χ1n) is 10.1. The van der Waals surface area contributed by atoms with Crippen molar-refractivity contribution in [1.29, 1.82) is 0 Å². The molecule has 7 heteroatoms. The molecule has 2 heterocycles. The van der Waals surface area contributed by atoms with Crippen LogP contribution in [0.3, 0.4) is 0 Å². The molecule has 0 bridgehead atoms. The Kier molecular flexibility index (Phi) is 5.15. The van der Waals surface area contributed by atoms with Gasteiger partial charge in [-0.2, -0.15) is 5.10 Å². The van der Waals surface area contributed by atoms with Crippen LogP contribution in [0, 0.1) is 11.8 Å². The maximum Gasteiger partial charge on any atom is 0.253 e. The molecule has 2 amide bonds. The van der Waals surface area contributed by atoms with Crippen LogP contribution in [0.5, 0.6) is 0 Å². The number of aromatic amines is 1. The van der Waals surface area contributed by atoms with Gasteiger partial charge >= 0.3 is 0 Å². The predicted octanol–water partition coefficient (Wildman–Crippen LogP) is 2.58. The Balaban J connectivity index is 1.51. The van der Waals surface area contributed by atoms with Crippen molar-refractivity contribution >= 4 is 11.8 Å². The van der Waals surface area contributed by atoms with Gasteiger partial charge in [-0.15, -0.1) is 0 Å². The van der Waals surface area contributed by atoms with Gasteiger partial charge in [-0.05, 0) is 36.8 Å². The van der Waals surface area contributed by atoms with Crippen LogP contribution in [-0.2, 0) is 4.79 Å². The zero-order valence-corrected chi connectivity index (χ0v) is 16.5. The van der Waals surface area contributed by atoms with Crippen LogP contribution in [0.2, 0.25) is 0 Å². The second-order valence-electron chi connectivity index (χ2n) is 8.21. The molecular weight excluding hydrogens is 354 g/mol. The summed E-state index contributed by atoms with van der Waals surface area (Å²) in [5.74, 6) is 1.80. The van der Waals surface area contributed by atoms with Gasteiger partial charge in [0.2, 0.25) is 5.91 Å². The molecule has 2 fully saturated rings. The van der Waals surface area contributed by atoms with Crippen molar-refractivity contribution in [3.8, 4) is 11.4 Å². The van der Waals surface area contributed by atoms with Crippen molar-refractivity contribution in [3.05, 3.63) is 36.2 Å². The SMILES string of the molecule is CC(C)[C@H]1CN(C(=O)c2ccc(-c3ncn[nH]3)cc2)CCC(=O)N1CC1CC1. The van der Waals surface area contributed by atoms with Crippen molar-refractivity contribution in [2.45, 2.75) is 39.2 Å². The van der Waals surface area contributed by atoms with E-state index in [1.54, 1.807) is 0 Å². The second-order valence-corrected chi connectivity index (χ2v) is 8.21. The number of amides is 2. The maximum absolute atomic E-state index is 13.1. The number of hydrogen-bond acceptors (Lipinski definition) is 4. The third-order valence-electron chi connectivity index (χ3n) is 5.75. The summed E-state index contributed by atoms with van der Waals surface area (Å²) in [6, 6.07) is 7.46. The number of carbonyl (C=O) groups is 2. The van der Waals surface area contributed by atoms with Crippen LogP contribution in [0.25, 0.3) is 11.4 Å². The van der Waals surface area contributed by atoms with Crippen molar-refractivity contribution < 1.29 is 9.59 Å². The Morgan fingerprint density at radius 1 is 1.25 bits per heavy atom. The molecule has 0 radical (unpaired) electrons. The highest BCUT2D eigenvalue weighted by atomic mass is 16.2. The fourth-order valence-electron chi connectivity index (χ4n) is 3.84. The summed E-state index contributed by atoms with van der Waals surface area (Å²) < 4.78 is 0. The molecular formula is C21H27N5O2. The summed E-state index contributed by atoms with van der Waals surface area (Å²) in [6.07, 6.45) is 4.30. The number of nitrogens with zero attached hydrogens (tertiary/aromatic N) is 4. The van der Waals surface area contributed by atoms with Crippen LogP contribution >= 0.6 is 0 Å². The van der Waals surface area contributed by atoms with Gasteiger partial charge in [0.05, 0.1) is 6.04 Å². The van der Waals surface area contributed by atoms with Gasteiger partial charge in [0, 0.05) is 37.2 Å². The van der Waals surface area contributed by atoms with Gasteiger partial charge < -0.3 is 9.80 Å². The zero-order valence-electron chi connectivity index (χ0n) is 16.5. The van der Waals surface area contributed by atoms with Crippen molar-refractivity contribution in [2.75, 3.05) is 19.6 Å². The molecule has 7 nitrogen and oxygen atoms in total. The summed E-state index contributed by atoms with van der Waals surface area (Å²) in [6.45, 7) is 6.19. The standard InChI is InChI=1S/C21H27N5O2/c1-14(2)18-12-25(10-9-19(27)26(18)11-15-3-4-15)21(28)17-7-5-16(6-8-17)20-22-13-23-24-20/h5-8,13-15,18H,3-4,9-12H2,1-2H3,(H,22,23,24)/t18-/m1/s1. The lowest BCUT2D eigenvalue weighted by atomic mass is 10.0. The highest BCUT2D eigenvalue weighted by Crippen LogP contribution is 2.32. The molecule has 4 rings (SSSR count). The number of hydrogen-bond donors (Lipinski definition) is 1. The van der Waals surface area contributed by atoms with Gasteiger partial charge in [-0.25, -0.2) is 4.98 Å². The zero-order chi connectivity index (χ0) is 19.7. The van der Waals surface area contributed by atoms with E-state index in [4.69, 9.17) is 0 Å². The van der Waals surface area contributed by atoms with E-state index in [-0.39, 0.29) is 17.9 Å². The quantitative estimate of drug-likeness (QED) is 0.863. The van der Waals surface area contributed by atoms with E-state index in [2.05, 4.69) is 29.0 Å². The van der Waals surface area contributed by atoms with Gasteiger partial charge in [0.15, 0.2) is 5.82 Å². The molecule has 1 aromatic heterocycles. The average molecular weight is 381 g/mol. The molecule has 1 atom stereocenters. The predicted molar refractivity (Wildman–Crippen MR) is 105 cm³/mol. The summed E-state index contributed by atoms with van der Waals surface area (Å²) in [4.78, 5) is 33.9. The highest BCUT2D eigenvalue weighted by Gasteiger charge is 2.36. The second kappa shape index (κ2) is 7.73. The Labute approximate surface area is 165 Å². The van der Waals surface area contributed by atoms with E-state index in [1.807, 2.05) is 34.1 Å². The molecule has 0 unspecified atom stereocenters. The monoisotopic (exact) mass is 381 g/mol. The lowest BCUT2D eigenvalue weighted by Crippen LogP contribution is -2.48. The van der Waals surface area contributed by atoms with Crippen LogP contribution in [0.15, 0.2) is 30.6 Å². The largest absolute Gasteiger partial charge is 0.337 e. The van der Waals surface area contributed by atoms with Gasteiger partial charge in [-0.1, -0.05) is 26.0 Å². The minimum absolute atomic E-state index is 0.0177. The topological polar surface area (TPSA) is 82.2 Å². The Hall–Kier alpha value is -2.70. The first-order chi connectivity index (χ1) is 13.5. The van der Waals surface area contributed by atoms with Gasteiger partial charge in [-0.3, -0.25) is 14.7 Å². The maximum atomic E-state index is 13.1. The van der Waals surface area contributed by atoms with Crippen molar-refractivity contribution in [2.24, 2.45) is 11.8 Å². The number of carbonyl (C=O) groups excluding carboxylic acids is 2. The molecule has 0 spiro atoms. The molecule has 1 N–H and O–H groups in total. The fourth-order valence-corrected chi connectivity index (χ4v) is 3.84. The van der Waals surface area contributed by atoms with Crippen LogP contribution in [0.4, 0.5) is 0 Å². The minimum atomic E-state index is -0.0177. The summed E-state index contributed by atoms with van der Waals surface area (Å²) >= 11 is 0. The number of H-pyrrole nitrogens is 1. The van der Waals surface area contributed by atoms with E-state index < -0.39 is 0 Å². The lowest BCUT2D eigenvalue weighted by Gasteiger charge is -2.34. The van der Waals surface area contributed by atoms with Crippen molar-refractivity contribution in [3.63, 3.8) is 0 Å². The average Bonchev–Trinajstić information content (AvgIpc) is 3.39. The molecule has 1 aliphatic carbocycles. The van der Waals surface area contributed by atoms with E-state index in [0.717, 1.165) is 12.1 Å². The van der Waals surface area contributed by atoms with Crippen molar-refractivity contribution in [1.82, 2.24) is 25.0 Å². The van der Waals surface area contributed by atoms with Crippen LogP contribution < -0.4 is 0 Å². The summed E-state index contributed by atoms with van der Waals surface area (Å²) in [5.41, 5.74) is 1.52. The fraction of sp³-hybridized carbons (Fsp3) is 0.524. The number of rotatable bonds is 5. The third kappa shape index (κ3) is 3.93. The molecule has 1 aliphatic heterocycles. The smallest absolute Gasteiger partial charge is 0.253 e. The molecule has 1 saturated heterocycles.